The van der Waals surface area contributed by atoms with Crippen LogP contribution in [0.4, 0.5) is 4.79 Å². The largest absolute Gasteiger partial charge is 0.479 e. The number of nitrogens with zero attached hydrogens (tertiary/aromatic N) is 1. The molecule has 2 heterocycles. The molecule has 4 N–H and O–H groups in total. The van der Waals surface area contributed by atoms with Crippen molar-refractivity contribution in [2.75, 3.05) is 26.3 Å². The molecular weight excluding hydrogens is 266 g/mol. The van der Waals surface area contributed by atoms with E-state index in [9.17, 15) is 19.5 Å². The van der Waals surface area contributed by atoms with Gasteiger partial charge in [-0.2, -0.15) is 0 Å². The Labute approximate surface area is 116 Å². The monoisotopic (exact) mass is 285 g/mol. The number of ether oxygens (including phenoxy) is 1. The van der Waals surface area contributed by atoms with Crippen LogP contribution in [0.2, 0.25) is 0 Å². The molecule has 2 rings (SSSR count). The first kappa shape index (κ1) is 14.6. The van der Waals surface area contributed by atoms with E-state index in [1.54, 1.807) is 0 Å². The molecule has 20 heavy (non-hydrogen) atoms. The number of rotatable bonds is 3. The number of aliphatic carboxylic acids is 1. The van der Waals surface area contributed by atoms with E-state index in [0.29, 0.717) is 32.5 Å². The standard InChI is InChI=1S/C12H19N3O5/c13-9(16)8-1-4-15(5-2-8)11(19)14-12(10(17)18)3-6-20-7-12/h8H,1-7H2,(H2,13,16)(H,14,19)(H,17,18). The molecule has 3 amide bonds. The van der Waals surface area contributed by atoms with Gasteiger partial charge in [-0.05, 0) is 12.8 Å². The van der Waals surface area contributed by atoms with Crippen molar-refractivity contribution in [2.45, 2.75) is 24.8 Å². The van der Waals surface area contributed by atoms with Crippen molar-refractivity contribution in [3.8, 4) is 0 Å². The van der Waals surface area contributed by atoms with E-state index in [1.807, 2.05) is 0 Å². The Kier molecular flexibility index (Phi) is 4.12. The van der Waals surface area contributed by atoms with Crippen molar-refractivity contribution in [2.24, 2.45) is 11.7 Å². The van der Waals surface area contributed by atoms with E-state index >= 15 is 0 Å². The molecule has 2 aliphatic heterocycles. The van der Waals surface area contributed by atoms with Gasteiger partial charge in [0, 0.05) is 32.0 Å². The minimum atomic E-state index is -1.34. The van der Waals surface area contributed by atoms with Crippen molar-refractivity contribution in [1.29, 1.82) is 0 Å². The Bertz CT molecular complexity index is 411. The third-order valence-electron chi connectivity index (χ3n) is 3.96. The van der Waals surface area contributed by atoms with E-state index in [1.165, 1.54) is 4.90 Å². The first-order chi connectivity index (χ1) is 9.44. The van der Waals surface area contributed by atoms with Crippen molar-refractivity contribution in [1.82, 2.24) is 10.2 Å². The lowest BCUT2D eigenvalue weighted by Gasteiger charge is -2.33. The first-order valence-electron chi connectivity index (χ1n) is 6.62. The van der Waals surface area contributed by atoms with E-state index in [2.05, 4.69) is 5.32 Å². The smallest absolute Gasteiger partial charge is 0.332 e. The number of carbonyl (C=O) groups is 3. The number of likely N-dealkylation sites (tertiary alicyclic amines) is 1. The van der Waals surface area contributed by atoms with Gasteiger partial charge in [0.25, 0.3) is 0 Å². The normalized spacial score (nSPS) is 27.3. The summed E-state index contributed by atoms with van der Waals surface area (Å²) >= 11 is 0. The summed E-state index contributed by atoms with van der Waals surface area (Å²) in [4.78, 5) is 36.0. The highest BCUT2D eigenvalue weighted by Crippen LogP contribution is 2.21. The third kappa shape index (κ3) is 2.84. The van der Waals surface area contributed by atoms with Crippen LogP contribution in [-0.4, -0.2) is 59.8 Å². The Morgan fingerprint density at radius 1 is 1.30 bits per heavy atom. The number of carbonyl (C=O) groups excluding carboxylic acids is 2. The minimum absolute atomic E-state index is 0.0220. The lowest BCUT2D eigenvalue weighted by Crippen LogP contribution is -2.59. The maximum atomic E-state index is 12.1. The molecule has 0 aromatic rings. The molecule has 8 nitrogen and oxygen atoms in total. The fourth-order valence-corrected chi connectivity index (χ4v) is 2.54. The summed E-state index contributed by atoms with van der Waals surface area (Å²) in [5.41, 5.74) is 3.89. The Morgan fingerprint density at radius 3 is 2.40 bits per heavy atom. The van der Waals surface area contributed by atoms with Gasteiger partial charge in [-0.3, -0.25) is 4.79 Å². The number of nitrogens with one attached hydrogen (secondary N) is 1. The van der Waals surface area contributed by atoms with E-state index < -0.39 is 17.5 Å². The summed E-state index contributed by atoms with van der Waals surface area (Å²) in [6.07, 6.45) is 1.28. The highest BCUT2D eigenvalue weighted by molar-refractivity contribution is 5.87. The van der Waals surface area contributed by atoms with Crippen LogP contribution >= 0.6 is 0 Å². The average Bonchev–Trinajstić information content (AvgIpc) is 2.88. The number of nitrogens with two attached hydrogens (primary N) is 1. The number of primary amides is 1. The van der Waals surface area contributed by atoms with Crippen LogP contribution in [0.25, 0.3) is 0 Å². The molecule has 1 unspecified atom stereocenters. The summed E-state index contributed by atoms with van der Waals surface area (Å²) in [5.74, 6) is -1.64. The Morgan fingerprint density at radius 2 is 1.95 bits per heavy atom. The molecule has 2 saturated heterocycles. The number of carboxylic acids is 1. The molecule has 1 atom stereocenters. The Hall–Kier alpha value is -1.83. The number of hydrogen-bond acceptors (Lipinski definition) is 4. The van der Waals surface area contributed by atoms with Gasteiger partial charge in [0.2, 0.25) is 5.91 Å². The van der Waals surface area contributed by atoms with Gasteiger partial charge in [-0.15, -0.1) is 0 Å². The molecule has 0 spiro atoms. The maximum absolute atomic E-state index is 12.1. The maximum Gasteiger partial charge on any atom is 0.332 e. The van der Waals surface area contributed by atoms with Crippen LogP contribution in [0.15, 0.2) is 0 Å². The van der Waals surface area contributed by atoms with Crippen molar-refractivity contribution in [3.63, 3.8) is 0 Å². The van der Waals surface area contributed by atoms with Gasteiger partial charge in [0.15, 0.2) is 5.54 Å². The van der Waals surface area contributed by atoms with Crippen molar-refractivity contribution < 1.29 is 24.2 Å². The quantitative estimate of drug-likeness (QED) is 0.622. The fraction of sp³-hybridized carbons (Fsp3) is 0.750. The molecule has 0 aromatic carbocycles. The number of hydrogen-bond donors (Lipinski definition) is 3. The first-order valence-corrected chi connectivity index (χ1v) is 6.62. The van der Waals surface area contributed by atoms with Gasteiger partial charge in [0.05, 0.1) is 6.61 Å². The molecular formula is C12H19N3O5. The highest BCUT2D eigenvalue weighted by atomic mass is 16.5. The molecule has 0 radical (unpaired) electrons. The topological polar surface area (TPSA) is 122 Å². The molecule has 0 bridgehead atoms. The molecule has 112 valence electrons. The summed E-state index contributed by atoms with van der Waals surface area (Å²) in [6.45, 7) is 1.09. The van der Waals surface area contributed by atoms with Crippen LogP contribution in [0.3, 0.4) is 0 Å². The molecule has 0 saturated carbocycles. The Balaban J connectivity index is 1.92. The van der Waals surface area contributed by atoms with Crippen LogP contribution in [0.5, 0.6) is 0 Å². The van der Waals surface area contributed by atoms with Crippen LogP contribution in [0, 0.1) is 5.92 Å². The second-order valence-corrected chi connectivity index (χ2v) is 5.28. The van der Waals surface area contributed by atoms with Crippen molar-refractivity contribution >= 4 is 17.9 Å². The molecule has 8 heteroatoms. The minimum Gasteiger partial charge on any atom is -0.479 e. The van der Waals surface area contributed by atoms with E-state index in [0.717, 1.165) is 0 Å². The number of carboxylic acid groups (broad SMARTS) is 1. The van der Waals surface area contributed by atoms with Gasteiger partial charge < -0.3 is 25.8 Å². The van der Waals surface area contributed by atoms with Crippen LogP contribution in [0.1, 0.15) is 19.3 Å². The zero-order valence-corrected chi connectivity index (χ0v) is 11.1. The van der Waals surface area contributed by atoms with E-state index in [-0.39, 0.29) is 24.9 Å². The van der Waals surface area contributed by atoms with Gasteiger partial charge in [-0.1, -0.05) is 0 Å². The van der Waals surface area contributed by atoms with Gasteiger partial charge >= 0.3 is 12.0 Å². The van der Waals surface area contributed by atoms with Gasteiger partial charge in [-0.25, -0.2) is 9.59 Å². The summed E-state index contributed by atoms with van der Waals surface area (Å²) in [6, 6.07) is -0.430. The van der Waals surface area contributed by atoms with E-state index in [4.69, 9.17) is 10.5 Å². The zero-order chi connectivity index (χ0) is 14.8. The van der Waals surface area contributed by atoms with Crippen LogP contribution < -0.4 is 11.1 Å². The lowest BCUT2D eigenvalue weighted by molar-refractivity contribution is -0.144. The molecule has 0 aliphatic carbocycles. The predicted octanol–water partition coefficient (Wildman–Crippen LogP) is -0.863. The van der Waals surface area contributed by atoms with Crippen molar-refractivity contribution in [3.05, 3.63) is 0 Å². The molecule has 2 aliphatic rings. The fourth-order valence-electron chi connectivity index (χ4n) is 2.54. The third-order valence-corrected chi connectivity index (χ3v) is 3.96. The predicted molar refractivity (Wildman–Crippen MR) is 67.8 cm³/mol. The SMILES string of the molecule is NC(=O)C1CCN(C(=O)NC2(C(=O)O)CCOC2)CC1. The zero-order valence-electron chi connectivity index (χ0n) is 11.1. The van der Waals surface area contributed by atoms with Gasteiger partial charge in [0.1, 0.15) is 0 Å². The second kappa shape index (κ2) is 5.66. The second-order valence-electron chi connectivity index (χ2n) is 5.28. The number of piperidine rings is 1. The number of amides is 3. The highest BCUT2D eigenvalue weighted by Gasteiger charge is 2.45. The summed E-state index contributed by atoms with van der Waals surface area (Å²) in [5, 5.41) is 11.8. The average molecular weight is 285 g/mol. The van der Waals surface area contributed by atoms with Crippen LogP contribution in [-0.2, 0) is 14.3 Å². The molecule has 0 aromatic heterocycles. The summed E-state index contributed by atoms with van der Waals surface area (Å²) in [7, 11) is 0. The summed E-state index contributed by atoms with van der Waals surface area (Å²) < 4.78 is 5.08. The lowest BCUT2D eigenvalue weighted by atomic mass is 9.96. The number of urea groups is 1. The molecule has 2 fully saturated rings.